The van der Waals surface area contributed by atoms with Gasteiger partial charge in [0.1, 0.15) is 0 Å². The van der Waals surface area contributed by atoms with Crippen LogP contribution in [0.1, 0.15) is 53.0 Å². The number of anilines is 1. The first kappa shape index (κ1) is 16.0. The summed E-state index contributed by atoms with van der Waals surface area (Å²) in [5.74, 6) is 0. The van der Waals surface area contributed by atoms with E-state index in [-0.39, 0.29) is 0 Å². The van der Waals surface area contributed by atoms with Crippen LogP contribution < -0.4 is 4.90 Å². The Kier molecular flexibility index (Phi) is 9.60. The molecule has 1 aromatic rings. The average molecular weight is 235 g/mol. The summed E-state index contributed by atoms with van der Waals surface area (Å²) in [4.78, 5) is 2.37. The molecule has 0 bridgehead atoms. The van der Waals surface area contributed by atoms with Crippen molar-refractivity contribution in [1.29, 1.82) is 0 Å². The van der Waals surface area contributed by atoms with Crippen LogP contribution in [-0.2, 0) is 6.42 Å². The minimum atomic E-state index is 1.09. The maximum absolute atomic E-state index is 2.37. The largest absolute Gasteiger partial charge is 0.372 e. The third-order valence-electron chi connectivity index (χ3n) is 2.60. The molecular formula is C16H29N. The van der Waals surface area contributed by atoms with E-state index in [2.05, 4.69) is 63.8 Å². The zero-order valence-electron chi connectivity index (χ0n) is 12.3. The molecule has 0 atom stereocenters. The summed E-state index contributed by atoms with van der Waals surface area (Å²) in [5, 5.41) is 0. The van der Waals surface area contributed by atoms with E-state index in [4.69, 9.17) is 0 Å². The van der Waals surface area contributed by atoms with Gasteiger partial charge in [-0.1, -0.05) is 45.7 Å². The molecule has 1 aromatic carbocycles. The average Bonchev–Trinajstić information content (AvgIpc) is 2.34. The van der Waals surface area contributed by atoms with Crippen LogP contribution in [0.2, 0.25) is 0 Å². The Morgan fingerprint density at radius 2 is 1.29 bits per heavy atom. The number of hydrogen-bond acceptors (Lipinski definition) is 1. The van der Waals surface area contributed by atoms with E-state index in [0.717, 1.165) is 13.1 Å². The van der Waals surface area contributed by atoms with E-state index < -0.39 is 0 Å². The summed E-state index contributed by atoms with van der Waals surface area (Å²) in [7, 11) is 0. The maximum atomic E-state index is 2.37. The lowest BCUT2D eigenvalue weighted by Gasteiger charge is -2.21. The Balaban J connectivity index is 0.000000770. The lowest BCUT2D eigenvalue weighted by atomic mass is 10.1. The topological polar surface area (TPSA) is 3.24 Å². The summed E-state index contributed by atoms with van der Waals surface area (Å²) in [6.07, 6.45) is 3.67. The van der Waals surface area contributed by atoms with Crippen LogP contribution >= 0.6 is 0 Å². The van der Waals surface area contributed by atoms with Gasteiger partial charge < -0.3 is 4.90 Å². The quantitative estimate of drug-likeness (QED) is 0.701. The van der Waals surface area contributed by atoms with Gasteiger partial charge in [0.25, 0.3) is 0 Å². The molecule has 0 spiro atoms. The smallest absolute Gasteiger partial charge is 0.0366 e. The first-order chi connectivity index (χ1) is 8.23. The zero-order chi connectivity index (χ0) is 13.1. The third-order valence-corrected chi connectivity index (χ3v) is 2.60. The van der Waals surface area contributed by atoms with Crippen molar-refractivity contribution in [3.05, 3.63) is 29.8 Å². The number of aryl methyl sites for hydroxylation is 1. The summed E-state index contributed by atoms with van der Waals surface area (Å²) < 4.78 is 0. The molecule has 0 aliphatic rings. The lowest BCUT2D eigenvalue weighted by molar-refractivity contribution is 0.863. The van der Waals surface area contributed by atoms with Gasteiger partial charge in [0.05, 0.1) is 0 Å². The second-order valence-corrected chi connectivity index (χ2v) is 4.30. The Labute approximate surface area is 108 Å². The molecule has 0 N–H and O–H groups in total. The highest BCUT2D eigenvalue weighted by Crippen LogP contribution is 2.15. The Hall–Kier alpha value is -0.980. The fourth-order valence-electron chi connectivity index (χ4n) is 1.75. The van der Waals surface area contributed by atoms with Gasteiger partial charge in [0, 0.05) is 18.8 Å². The lowest BCUT2D eigenvalue weighted by Crippen LogP contribution is -2.21. The Morgan fingerprint density at radius 1 is 0.824 bits per heavy atom. The molecule has 1 rings (SSSR count). The van der Waals surface area contributed by atoms with Crippen molar-refractivity contribution in [2.24, 2.45) is 0 Å². The Bertz CT molecular complexity index is 259. The van der Waals surface area contributed by atoms with Gasteiger partial charge in [-0.25, -0.2) is 0 Å². The Morgan fingerprint density at radius 3 is 1.65 bits per heavy atom. The predicted molar refractivity (Wildman–Crippen MR) is 80.0 cm³/mol. The van der Waals surface area contributed by atoms with Crippen molar-refractivity contribution >= 4 is 5.69 Å². The van der Waals surface area contributed by atoms with Crippen molar-refractivity contribution in [1.82, 2.24) is 0 Å². The summed E-state index contributed by atoms with van der Waals surface area (Å²) in [5.41, 5.74) is 2.79. The zero-order valence-corrected chi connectivity index (χ0v) is 12.3. The summed E-state index contributed by atoms with van der Waals surface area (Å²) >= 11 is 0. The molecule has 0 saturated heterocycles. The highest BCUT2D eigenvalue weighted by molar-refractivity contribution is 5.47. The van der Waals surface area contributed by atoms with E-state index in [9.17, 15) is 0 Å². The van der Waals surface area contributed by atoms with E-state index >= 15 is 0 Å². The molecule has 0 fully saturated rings. The van der Waals surface area contributed by atoms with Crippen LogP contribution in [0.3, 0.4) is 0 Å². The molecule has 98 valence electrons. The van der Waals surface area contributed by atoms with Gasteiger partial charge in [0.2, 0.25) is 0 Å². The maximum Gasteiger partial charge on any atom is 0.0366 e. The van der Waals surface area contributed by atoms with Gasteiger partial charge in [-0.05, 0) is 38.0 Å². The molecule has 0 heterocycles. The molecule has 0 saturated carbocycles. The van der Waals surface area contributed by atoms with Gasteiger partial charge in [0.15, 0.2) is 0 Å². The second kappa shape index (κ2) is 10.2. The van der Waals surface area contributed by atoms with Crippen molar-refractivity contribution in [3.63, 3.8) is 0 Å². The fourth-order valence-corrected chi connectivity index (χ4v) is 1.75. The summed E-state index contributed by atoms with van der Waals surface area (Å²) in [6, 6.07) is 8.96. The monoisotopic (exact) mass is 235 g/mol. The van der Waals surface area contributed by atoms with Gasteiger partial charge in [-0.2, -0.15) is 0 Å². The van der Waals surface area contributed by atoms with Crippen LogP contribution in [0, 0.1) is 0 Å². The van der Waals surface area contributed by atoms with E-state index in [1.807, 2.05) is 0 Å². The first-order valence-electron chi connectivity index (χ1n) is 7.07. The second-order valence-electron chi connectivity index (χ2n) is 4.30. The van der Waals surface area contributed by atoms with Crippen LogP contribution in [0.5, 0.6) is 0 Å². The minimum absolute atomic E-state index is 1.09. The fraction of sp³-hybridized carbons (Fsp3) is 0.625. The van der Waals surface area contributed by atoms with Crippen LogP contribution in [0.4, 0.5) is 5.69 Å². The molecule has 0 amide bonds. The van der Waals surface area contributed by atoms with Gasteiger partial charge in [-0.15, -0.1) is 0 Å². The molecule has 0 aliphatic heterocycles. The normalized spacial score (nSPS) is 9.47. The standard InChI is InChI=1S/C13H21N.C3H8/c1-4-7-12-8-10-13(11-9-12)14(5-2)6-3;1-3-2/h8-11H,4-7H2,1-3H3;3H2,1-2H3. The molecule has 0 aliphatic carbocycles. The molecule has 1 nitrogen and oxygen atoms in total. The summed E-state index contributed by atoms with van der Waals surface area (Å²) in [6.45, 7) is 13.0. The van der Waals surface area contributed by atoms with E-state index in [0.29, 0.717) is 0 Å². The number of hydrogen-bond donors (Lipinski definition) is 0. The minimum Gasteiger partial charge on any atom is -0.372 e. The van der Waals surface area contributed by atoms with Crippen LogP contribution in [-0.4, -0.2) is 13.1 Å². The highest BCUT2D eigenvalue weighted by atomic mass is 15.1. The first-order valence-corrected chi connectivity index (χ1v) is 7.07. The molecule has 0 radical (unpaired) electrons. The van der Waals surface area contributed by atoms with Crippen LogP contribution in [0.25, 0.3) is 0 Å². The van der Waals surface area contributed by atoms with Crippen molar-refractivity contribution in [2.75, 3.05) is 18.0 Å². The molecule has 0 aromatic heterocycles. The molecule has 17 heavy (non-hydrogen) atoms. The number of rotatable bonds is 5. The highest BCUT2D eigenvalue weighted by Gasteiger charge is 2.00. The predicted octanol–water partition coefficient (Wildman–Crippen LogP) is 4.90. The van der Waals surface area contributed by atoms with Crippen LogP contribution in [0.15, 0.2) is 24.3 Å². The SMILES string of the molecule is CCC.CCCc1ccc(N(CC)CC)cc1. The number of nitrogens with zero attached hydrogens (tertiary/aromatic N) is 1. The van der Waals surface area contributed by atoms with Crippen molar-refractivity contribution in [2.45, 2.75) is 53.9 Å². The molecule has 0 unspecified atom stereocenters. The molecular weight excluding hydrogens is 206 g/mol. The van der Waals surface area contributed by atoms with Crippen molar-refractivity contribution in [3.8, 4) is 0 Å². The van der Waals surface area contributed by atoms with Crippen molar-refractivity contribution < 1.29 is 0 Å². The third kappa shape index (κ3) is 6.35. The number of benzene rings is 1. The van der Waals surface area contributed by atoms with Gasteiger partial charge >= 0.3 is 0 Å². The van der Waals surface area contributed by atoms with E-state index in [1.54, 1.807) is 0 Å². The van der Waals surface area contributed by atoms with Gasteiger partial charge in [-0.3, -0.25) is 0 Å². The molecule has 1 heteroatoms. The van der Waals surface area contributed by atoms with E-state index in [1.165, 1.54) is 30.5 Å².